The van der Waals surface area contributed by atoms with E-state index in [-0.39, 0.29) is 5.91 Å². The summed E-state index contributed by atoms with van der Waals surface area (Å²) in [5.41, 5.74) is 5.22. The Balaban J connectivity index is 1.42. The number of aromatic amines is 1. The largest absolute Gasteiger partial charge is 0.345 e. The topological polar surface area (TPSA) is 75.6 Å². The van der Waals surface area contributed by atoms with Crippen LogP contribution in [-0.2, 0) is 13.0 Å². The molecule has 1 aliphatic rings. The molecule has 6 nitrogen and oxygen atoms in total. The monoisotopic (exact) mass is 343 g/mol. The van der Waals surface area contributed by atoms with Crippen LogP contribution >= 0.6 is 0 Å². The van der Waals surface area contributed by atoms with Gasteiger partial charge in [-0.15, -0.1) is 0 Å². The summed E-state index contributed by atoms with van der Waals surface area (Å²) in [6, 6.07) is 13.3. The van der Waals surface area contributed by atoms with Gasteiger partial charge in [-0.05, 0) is 36.8 Å². The van der Waals surface area contributed by atoms with E-state index in [0.717, 1.165) is 53.2 Å². The van der Waals surface area contributed by atoms with Crippen LogP contribution in [0.15, 0.2) is 55.0 Å². The number of H-pyrrole nitrogens is 1. The standard InChI is InChI=1S/C20H17N5O/c26-20(14-6-7-16-17(10-14)23-12-22-16)24-15-4-1-3-13(9-15)18-11-21-19-5-2-8-25(18)19/h1,3-4,6-7,9-12H,2,5,8H2,(H,22,23)(H,24,26). The molecule has 0 atom stereocenters. The van der Waals surface area contributed by atoms with Crippen molar-refractivity contribution in [3.05, 3.63) is 66.4 Å². The zero-order chi connectivity index (χ0) is 17.5. The van der Waals surface area contributed by atoms with Gasteiger partial charge in [0.05, 0.1) is 29.3 Å². The van der Waals surface area contributed by atoms with Gasteiger partial charge in [-0.1, -0.05) is 12.1 Å². The van der Waals surface area contributed by atoms with Crippen molar-refractivity contribution < 1.29 is 4.79 Å². The van der Waals surface area contributed by atoms with Crippen molar-refractivity contribution in [2.75, 3.05) is 5.32 Å². The van der Waals surface area contributed by atoms with Crippen LogP contribution in [0.5, 0.6) is 0 Å². The number of rotatable bonds is 3. The fourth-order valence-corrected chi connectivity index (χ4v) is 3.53. The molecule has 0 radical (unpaired) electrons. The van der Waals surface area contributed by atoms with E-state index in [1.54, 1.807) is 12.4 Å². The summed E-state index contributed by atoms with van der Waals surface area (Å²) in [5.74, 6) is 1.000. The predicted octanol–water partition coefficient (Wildman–Crippen LogP) is 3.62. The second kappa shape index (κ2) is 5.84. The molecule has 1 aliphatic heterocycles. The number of hydrogen-bond donors (Lipinski definition) is 2. The van der Waals surface area contributed by atoms with Crippen LogP contribution in [0.25, 0.3) is 22.3 Å². The number of anilines is 1. The highest BCUT2D eigenvalue weighted by atomic mass is 16.1. The number of aryl methyl sites for hydroxylation is 1. The Bertz CT molecular complexity index is 1120. The number of nitrogens with zero attached hydrogens (tertiary/aromatic N) is 3. The minimum atomic E-state index is -0.142. The molecule has 0 fully saturated rings. The van der Waals surface area contributed by atoms with E-state index in [4.69, 9.17) is 0 Å². The fraction of sp³-hybridized carbons (Fsp3) is 0.150. The molecular weight excluding hydrogens is 326 g/mol. The summed E-state index contributed by atoms with van der Waals surface area (Å²) >= 11 is 0. The average molecular weight is 343 g/mol. The Morgan fingerprint density at radius 1 is 1.15 bits per heavy atom. The number of carbonyl (C=O) groups is 1. The Morgan fingerprint density at radius 2 is 2.12 bits per heavy atom. The van der Waals surface area contributed by atoms with Crippen molar-refractivity contribution in [2.24, 2.45) is 0 Å². The predicted molar refractivity (Wildman–Crippen MR) is 100 cm³/mol. The van der Waals surface area contributed by atoms with Gasteiger partial charge in [-0.25, -0.2) is 9.97 Å². The normalized spacial score (nSPS) is 13.1. The van der Waals surface area contributed by atoms with Gasteiger partial charge in [-0.2, -0.15) is 0 Å². The summed E-state index contributed by atoms with van der Waals surface area (Å²) in [6.45, 7) is 1.01. The maximum atomic E-state index is 12.6. The quantitative estimate of drug-likeness (QED) is 0.596. The third-order valence-corrected chi connectivity index (χ3v) is 4.82. The highest BCUT2D eigenvalue weighted by Crippen LogP contribution is 2.27. The second-order valence-corrected chi connectivity index (χ2v) is 6.48. The van der Waals surface area contributed by atoms with Crippen molar-refractivity contribution in [1.29, 1.82) is 0 Å². The van der Waals surface area contributed by atoms with E-state index in [9.17, 15) is 4.79 Å². The number of hydrogen-bond acceptors (Lipinski definition) is 3. The van der Waals surface area contributed by atoms with Crippen LogP contribution in [-0.4, -0.2) is 25.4 Å². The van der Waals surface area contributed by atoms with Gasteiger partial charge in [-0.3, -0.25) is 4.79 Å². The fourth-order valence-electron chi connectivity index (χ4n) is 3.53. The lowest BCUT2D eigenvalue weighted by Crippen LogP contribution is -2.11. The van der Waals surface area contributed by atoms with Gasteiger partial charge < -0.3 is 14.9 Å². The minimum absolute atomic E-state index is 0.142. The minimum Gasteiger partial charge on any atom is -0.345 e. The third kappa shape index (κ3) is 2.47. The first-order valence-corrected chi connectivity index (χ1v) is 8.67. The Kier molecular flexibility index (Phi) is 3.35. The van der Waals surface area contributed by atoms with Gasteiger partial charge in [0.15, 0.2) is 0 Å². The first-order chi connectivity index (χ1) is 12.8. The number of carbonyl (C=O) groups excluding carboxylic acids is 1. The van der Waals surface area contributed by atoms with E-state index < -0.39 is 0 Å². The highest BCUT2D eigenvalue weighted by Gasteiger charge is 2.17. The van der Waals surface area contributed by atoms with Gasteiger partial charge in [0.1, 0.15) is 5.82 Å². The van der Waals surface area contributed by atoms with Crippen molar-refractivity contribution in [2.45, 2.75) is 19.4 Å². The molecule has 0 saturated carbocycles. The van der Waals surface area contributed by atoms with E-state index >= 15 is 0 Å². The maximum Gasteiger partial charge on any atom is 0.255 e. The van der Waals surface area contributed by atoms with Crippen molar-refractivity contribution in [1.82, 2.24) is 19.5 Å². The first-order valence-electron chi connectivity index (χ1n) is 8.67. The molecule has 0 bridgehead atoms. The van der Waals surface area contributed by atoms with E-state index in [0.29, 0.717) is 5.56 Å². The molecule has 4 aromatic rings. The highest BCUT2D eigenvalue weighted by molar-refractivity contribution is 6.06. The van der Waals surface area contributed by atoms with E-state index in [1.165, 1.54) is 0 Å². The number of fused-ring (bicyclic) bond motifs is 2. The molecule has 5 rings (SSSR count). The molecule has 0 saturated heterocycles. The lowest BCUT2D eigenvalue weighted by molar-refractivity contribution is 0.102. The lowest BCUT2D eigenvalue weighted by Gasteiger charge is -2.09. The van der Waals surface area contributed by atoms with Crippen molar-refractivity contribution in [3.63, 3.8) is 0 Å². The first kappa shape index (κ1) is 14.9. The van der Waals surface area contributed by atoms with Crippen LogP contribution in [0, 0.1) is 0 Å². The second-order valence-electron chi connectivity index (χ2n) is 6.48. The lowest BCUT2D eigenvalue weighted by atomic mass is 10.1. The molecule has 0 aliphatic carbocycles. The van der Waals surface area contributed by atoms with Gasteiger partial charge in [0, 0.05) is 29.8 Å². The van der Waals surface area contributed by atoms with Gasteiger partial charge in [0.2, 0.25) is 0 Å². The van der Waals surface area contributed by atoms with Crippen LogP contribution < -0.4 is 5.32 Å². The summed E-state index contributed by atoms with van der Waals surface area (Å²) in [7, 11) is 0. The summed E-state index contributed by atoms with van der Waals surface area (Å²) < 4.78 is 2.26. The molecule has 26 heavy (non-hydrogen) atoms. The van der Waals surface area contributed by atoms with E-state index in [2.05, 4.69) is 30.9 Å². The molecule has 2 aromatic heterocycles. The molecule has 128 valence electrons. The smallest absolute Gasteiger partial charge is 0.255 e. The zero-order valence-corrected chi connectivity index (χ0v) is 14.1. The van der Waals surface area contributed by atoms with Crippen LogP contribution in [0.1, 0.15) is 22.6 Å². The summed E-state index contributed by atoms with van der Waals surface area (Å²) in [5, 5.41) is 2.98. The molecule has 2 N–H and O–H groups in total. The molecule has 3 heterocycles. The number of imidazole rings is 2. The number of aromatic nitrogens is 4. The van der Waals surface area contributed by atoms with Gasteiger partial charge >= 0.3 is 0 Å². The maximum absolute atomic E-state index is 12.6. The third-order valence-electron chi connectivity index (χ3n) is 4.82. The van der Waals surface area contributed by atoms with Crippen molar-refractivity contribution >= 4 is 22.6 Å². The Hall–Kier alpha value is -3.41. The Morgan fingerprint density at radius 3 is 3.08 bits per heavy atom. The summed E-state index contributed by atoms with van der Waals surface area (Å²) in [6.07, 6.45) is 5.72. The number of nitrogens with one attached hydrogen (secondary N) is 2. The van der Waals surface area contributed by atoms with Gasteiger partial charge in [0.25, 0.3) is 5.91 Å². The molecule has 0 unspecified atom stereocenters. The summed E-state index contributed by atoms with van der Waals surface area (Å²) in [4.78, 5) is 24.3. The molecular formula is C20H17N5O. The van der Waals surface area contributed by atoms with E-state index in [1.807, 2.05) is 36.5 Å². The zero-order valence-electron chi connectivity index (χ0n) is 14.1. The molecule has 6 heteroatoms. The van der Waals surface area contributed by atoms with Crippen LogP contribution in [0.2, 0.25) is 0 Å². The molecule has 2 aromatic carbocycles. The Labute approximate surface area is 149 Å². The van der Waals surface area contributed by atoms with Crippen molar-refractivity contribution in [3.8, 4) is 11.3 Å². The SMILES string of the molecule is O=C(Nc1cccc(-c2cnc3n2CCC3)c1)c1ccc2nc[nH]c2c1. The molecule has 1 amide bonds. The van der Waals surface area contributed by atoms with Crippen LogP contribution in [0.4, 0.5) is 5.69 Å². The van der Waals surface area contributed by atoms with Crippen LogP contribution in [0.3, 0.4) is 0 Å². The number of benzene rings is 2. The average Bonchev–Trinajstić information content (AvgIpc) is 3.37. The molecule has 0 spiro atoms. The number of amides is 1.